The molecule has 3 rings (SSSR count). The van der Waals surface area contributed by atoms with E-state index in [0.717, 1.165) is 45.7 Å². The van der Waals surface area contributed by atoms with E-state index in [1.807, 2.05) is 0 Å². The number of nitrogens with zero attached hydrogens (tertiary/aromatic N) is 2. The van der Waals surface area contributed by atoms with Crippen molar-refractivity contribution in [2.24, 2.45) is 5.41 Å². The van der Waals surface area contributed by atoms with E-state index in [4.69, 9.17) is 0 Å². The molecule has 1 aromatic rings. The fourth-order valence-electron chi connectivity index (χ4n) is 3.61. The van der Waals surface area contributed by atoms with Crippen LogP contribution in [0, 0.1) is 19.3 Å². The lowest BCUT2D eigenvalue weighted by Gasteiger charge is -2.40. The molecule has 6 heteroatoms. The molecule has 1 amide bonds. The minimum Gasteiger partial charge on any atom is -0.368 e. The number of halogens is 2. The van der Waals surface area contributed by atoms with Crippen LogP contribution in [-0.4, -0.2) is 50.1 Å². The molecule has 1 atom stereocenters. The second kappa shape index (κ2) is 8.41. The van der Waals surface area contributed by atoms with E-state index in [0.29, 0.717) is 5.91 Å². The van der Waals surface area contributed by atoms with Gasteiger partial charge in [0.1, 0.15) is 0 Å². The first-order valence-electron chi connectivity index (χ1n) is 8.32. The predicted octanol–water partition coefficient (Wildman–Crippen LogP) is 2.80. The SMILES string of the molecule is Cc1cccc(N2CCN(C(=O)C3(C)CCNC3)CC2)c1C.Cl.Cl. The summed E-state index contributed by atoms with van der Waals surface area (Å²) in [4.78, 5) is 17.2. The summed E-state index contributed by atoms with van der Waals surface area (Å²) in [5.41, 5.74) is 3.82. The zero-order valence-corrected chi connectivity index (χ0v) is 16.4. The lowest BCUT2D eigenvalue weighted by atomic mass is 9.88. The van der Waals surface area contributed by atoms with Gasteiger partial charge in [0.2, 0.25) is 5.91 Å². The summed E-state index contributed by atoms with van der Waals surface area (Å²) in [5.74, 6) is 0.332. The highest BCUT2D eigenvalue weighted by molar-refractivity contribution is 5.85. The average Bonchev–Trinajstić information content (AvgIpc) is 2.98. The summed E-state index contributed by atoms with van der Waals surface area (Å²) in [6.45, 7) is 11.8. The van der Waals surface area contributed by atoms with Crippen LogP contribution in [0.25, 0.3) is 0 Å². The average molecular weight is 374 g/mol. The Balaban J connectivity index is 0.00000144. The van der Waals surface area contributed by atoms with Crippen molar-refractivity contribution in [1.29, 1.82) is 0 Å². The molecule has 1 unspecified atom stereocenters. The van der Waals surface area contributed by atoms with Gasteiger partial charge in [0.05, 0.1) is 5.41 Å². The number of rotatable bonds is 2. The van der Waals surface area contributed by atoms with Crippen LogP contribution in [0.15, 0.2) is 18.2 Å². The van der Waals surface area contributed by atoms with Crippen LogP contribution in [-0.2, 0) is 4.79 Å². The molecule has 4 nitrogen and oxygen atoms in total. The number of anilines is 1. The van der Waals surface area contributed by atoms with Crippen molar-refractivity contribution < 1.29 is 4.79 Å². The van der Waals surface area contributed by atoms with Crippen molar-refractivity contribution in [2.75, 3.05) is 44.2 Å². The van der Waals surface area contributed by atoms with Crippen LogP contribution >= 0.6 is 24.8 Å². The van der Waals surface area contributed by atoms with Gasteiger partial charge >= 0.3 is 0 Å². The van der Waals surface area contributed by atoms with Crippen molar-refractivity contribution in [1.82, 2.24) is 10.2 Å². The number of benzene rings is 1. The van der Waals surface area contributed by atoms with Crippen LogP contribution < -0.4 is 10.2 Å². The molecule has 2 heterocycles. The van der Waals surface area contributed by atoms with Gasteiger partial charge in [0.15, 0.2) is 0 Å². The third kappa shape index (κ3) is 3.98. The molecule has 0 aliphatic carbocycles. The predicted molar refractivity (Wildman–Crippen MR) is 105 cm³/mol. The van der Waals surface area contributed by atoms with Gasteiger partial charge in [0, 0.05) is 38.4 Å². The highest BCUT2D eigenvalue weighted by atomic mass is 35.5. The molecule has 136 valence electrons. The molecular weight excluding hydrogens is 345 g/mol. The second-order valence-electron chi connectivity index (χ2n) is 6.99. The first kappa shape index (κ1) is 21.1. The number of hydrogen-bond donors (Lipinski definition) is 1. The maximum Gasteiger partial charge on any atom is 0.229 e. The Hall–Kier alpha value is -0.970. The van der Waals surface area contributed by atoms with Gasteiger partial charge in [-0.1, -0.05) is 12.1 Å². The van der Waals surface area contributed by atoms with Crippen molar-refractivity contribution in [3.8, 4) is 0 Å². The van der Waals surface area contributed by atoms with Crippen LogP contribution in [0.1, 0.15) is 24.5 Å². The molecule has 2 aliphatic rings. The molecule has 2 saturated heterocycles. The highest BCUT2D eigenvalue weighted by Crippen LogP contribution is 2.29. The summed E-state index contributed by atoms with van der Waals surface area (Å²) in [6, 6.07) is 6.48. The van der Waals surface area contributed by atoms with Gasteiger partial charge in [-0.2, -0.15) is 0 Å². The van der Waals surface area contributed by atoms with E-state index < -0.39 is 0 Å². The maximum atomic E-state index is 12.8. The Kier molecular flexibility index (Phi) is 7.39. The Morgan fingerprint density at radius 1 is 1.12 bits per heavy atom. The molecule has 0 aromatic heterocycles. The molecule has 0 saturated carbocycles. The van der Waals surface area contributed by atoms with Crippen LogP contribution in [0.5, 0.6) is 0 Å². The highest BCUT2D eigenvalue weighted by Gasteiger charge is 2.39. The number of carbonyl (C=O) groups is 1. The molecular formula is C18H29Cl2N3O. The van der Waals surface area contributed by atoms with Gasteiger partial charge in [-0.25, -0.2) is 0 Å². The number of nitrogens with one attached hydrogen (secondary N) is 1. The Morgan fingerprint density at radius 2 is 1.79 bits per heavy atom. The fourth-order valence-corrected chi connectivity index (χ4v) is 3.61. The van der Waals surface area contributed by atoms with Crippen molar-refractivity contribution in [2.45, 2.75) is 27.2 Å². The monoisotopic (exact) mass is 373 g/mol. The molecule has 2 fully saturated rings. The molecule has 1 N–H and O–H groups in total. The fraction of sp³-hybridized carbons (Fsp3) is 0.611. The Bertz CT molecular complexity index is 565. The van der Waals surface area contributed by atoms with Gasteiger partial charge in [0.25, 0.3) is 0 Å². The lowest BCUT2D eigenvalue weighted by Crippen LogP contribution is -2.53. The quantitative estimate of drug-likeness (QED) is 0.865. The van der Waals surface area contributed by atoms with E-state index in [2.05, 4.69) is 54.1 Å². The van der Waals surface area contributed by atoms with Gasteiger partial charge < -0.3 is 15.1 Å². The normalized spacial score (nSPS) is 23.5. The summed E-state index contributed by atoms with van der Waals surface area (Å²) in [5, 5.41) is 3.32. The first-order chi connectivity index (χ1) is 10.5. The summed E-state index contributed by atoms with van der Waals surface area (Å²) in [7, 11) is 0. The summed E-state index contributed by atoms with van der Waals surface area (Å²) in [6.07, 6.45) is 0.961. The van der Waals surface area contributed by atoms with Crippen LogP contribution in [0.3, 0.4) is 0 Å². The van der Waals surface area contributed by atoms with E-state index in [1.165, 1.54) is 16.8 Å². The number of aryl methyl sites for hydroxylation is 1. The van der Waals surface area contributed by atoms with Gasteiger partial charge in [-0.05, 0) is 50.9 Å². The van der Waals surface area contributed by atoms with Crippen LogP contribution in [0.2, 0.25) is 0 Å². The van der Waals surface area contributed by atoms with Crippen molar-refractivity contribution in [3.05, 3.63) is 29.3 Å². The van der Waals surface area contributed by atoms with E-state index in [1.54, 1.807) is 0 Å². The third-order valence-corrected chi connectivity index (χ3v) is 5.37. The first-order valence-corrected chi connectivity index (χ1v) is 8.32. The number of amides is 1. The van der Waals surface area contributed by atoms with Gasteiger partial charge in [-0.15, -0.1) is 24.8 Å². The second-order valence-corrected chi connectivity index (χ2v) is 6.99. The van der Waals surface area contributed by atoms with Gasteiger partial charge in [-0.3, -0.25) is 4.79 Å². The molecule has 24 heavy (non-hydrogen) atoms. The molecule has 2 aliphatic heterocycles. The zero-order valence-electron chi connectivity index (χ0n) is 14.8. The summed E-state index contributed by atoms with van der Waals surface area (Å²) >= 11 is 0. The molecule has 0 radical (unpaired) electrons. The minimum atomic E-state index is -0.193. The van der Waals surface area contributed by atoms with Crippen molar-refractivity contribution in [3.63, 3.8) is 0 Å². The topological polar surface area (TPSA) is 35.6 Å². The smallest absolute Gasteiger partial charge is 0.229 e. The van der Waals surface area contributed by atoms with Crippen molar-refractivity contribution >= 4 is 36.4 Å². The minimum absolute atomic E-state index is 0. The Labute approximate surface area is 157 Å². The molecule has 0 spiro atoms. The molecule has 1 aromatic carbocycles. The largest absolute Gasteiger partial charge is 0.368 e. The zero-order chi connectivity index (χ0) is 15.7. The number of hydrogen-bond acceptors (Lipinski definition) is 3. The third-order valence-electron chi connectivity index (χ3n) is 5.37. The maximum absolute atomic E-state index is 12.8. The van der Waals surface area contributed by atoms with E-state index >= 15 is 0 Å². The Morgan fingerprint density at radius 3 is 2.38 bits per heavy atom. The molecule has 0 bridgehead atoms. The van der Waals surface area contributed by atoms with Crippen LogP contribution in [0.4, 0.5) is 5.69 Å². The van der Waals surface area contributed by atoms with E-state index in [-0.39, 0.29) is 30.2 Å². The standard InChI is InChI=1S/C18H27N3O.2ClH/c1-14-5-4-6-16(15(14)2)20-9-11-21(12-10-20)17(22)18(3)7-8-19-13-18;;/h4-6,19H,7-13H2,1-3H3;2*1H. The summed E-state index contributed by atoms with van der Waals surface area (Å²) < 4.78 is 0. The lowest BCUT2D eigenvalue weighted by molar-refractivity contribution is -0.140. The number of piperazine rings is 1. The number of carbonyl (C=O) groups excluding carboxylic acids is 1. The van der Waals surface area contributed by atoms with E-state index in [9.17, 15) is 4.79 Å².